The molecule has 0 aliphatic carbocycles. The molecule has 0 saturated heterocycles. The molecular formula is C13H16N2O5S. The number of methoxy groups -OCH3 is 1. The van der Waals surface area contributed by atoms with Crippen LogP contribution in [0.3, 0.4) is 0 Å². The maximum absolute atomic E-state index is 12.3. The summed E-state index contributed by atoms with van der Waals surface area (Å²) in [7, 11) is -2.22. The molecule has 2 aromatic rings. The molecule has 114 valence electrons. The minimum atomic E-state index is -3.72. The zero-order valence-corrected chi connectivity index (χ0v) is 12.3. The highest BCUT2D eigenvalue weighted by atomic mass is 32.2. The van der Waals surface area contributed by atoms with E-state index in [1.54, 1.807) is 18.2 Å². The molecule has 0 saturated carbocycles. The van der Waals surface area contributed by atoms with Gasteiger partial charge in [0.15, 0.2) is 5.76 Å². The second-order valence-electron chi connectivity index (χ2n) is 4.25. The number of ether oxygens (including phenoxy) is 1. The molecular weight excluding hydrogens is 296 g/mol. The molecule has 0 amide bonds. The zero-order chi connectivity index (χ0) is 15.3. The Hall–Kier alpha value is -1.90. The molecule has 7 nitrogen and oxygen atoms in total. The van der Waals surface area contributed by atoms with Crippen molar-refractivity contribution in [2.75, 3.05) is 13.7 Å². The Balaban J connectivity index is 2.25. The predicted octanol–water partition coefficient (Wildman–Crippen LogP) is 0.696. The first-order valence-corrected chi connectivity index (χ1v) is 7.72. The van der Waals surface area contributed by atoms with Gasteiger partial charge in [-0.25, -0.2) is 13.1 Å². The predicted molar refractivity (Wildman–Crippen MR) is 74.3 cm³/mol. The van der Waals surface area contributed by atoms with Crippen LogP contribution < -0.4 is 9.46 Å². The Morgan fingerprint density at radius 1 is 1.38 bits per heavy atom. The van der Waals surface area contributed by atoms with Gasteiger partial charge in [0.1, 0.15) is 5.75 Å². The normalized spacial score (nSPS) is 11.5. The molecule has 1 heterocycles. The Morgan fingerprint density at radius 2 is 2.19 bits per heavy atom. The quantitative estimate of drug-likeness (QED) is 0.780. The number of nitrogens with one attached hydrogen (secondary N) is 1. The van der Waals surface area contributed by atoms with E-state index in [2.05, 4.69) is 9.88 Å². The Morgan fingerprint density at radius 3 is 2.81 bits per heavy atom. The van der Waals surface area contributed by atoms with Crippen molar-refractivity contribution in [1.82, 2.24) is 9.88 Å². The van der Waals surface area contributed by atoms with Crippen LogP contribution in [0, 0.1) is 0 Å². The average molecular weight is 312 g/mol. The van der Waals surface area contributed by atoms with E-state index >= 15 is 0 Å². The maximum atomic E-state index is 12.3. The van der Waals surface area contributed by atoms with Gasteiger partial charge >= 0.3 is 0 Å². The van der Waals surface area contributed by atoms with Crippen molar-refractivity contribution in [2.24, 2.45) is 0 Å². The first kappa shape index (κ1) is 15.5. The molecule has 0 fully saturated rings. The lowest BCUT2D eigenvalue weighted by Gasteiger charge is -2.11. The Kier molecular flexibility index (Phi) is 4.94. The van der Waals surface area contributed by atoms with E-state index in [-0.39, 0.29) is 24.5 Å². The van der Waals surface area contributed by atoms with Crippen LogP contribution >= 0.6 is 0 Å². The van der Waals surface area contributed by atoms with Crippen LogP contribution in [0.4, 0.5) is 0 Å². The van der Waals surface area contributed by atoms with Crippen molar-refractivity contribution in [2.45, 2.75) is 17.9 Å². The summed E-state index contributed by atoms with van der Waals surface area (Å²) in [5.41, 5.74) is 0.488. The number of aromatic nitrogens is 1. The molecule has 0 atom stereocenters. The summed E-state index contributed by atoms with van der Waals surface area (Å²) >= 11 is 0. The third kappa shape index (κ3) is 3.81. The minimum Gasteiger partial charge on any atom is -0.497 e. The molecule has 0 radical (unpaired) electrons. The molecule has 0 spiro atoms. The third-order valence-electron chi connectivity index (χ3n) is 2.87. The van der Waals surface area contributed by atoms with Gasteiger partial charge in [0, 0.05) is 12.7 Å². The molecule has 0 bridgehead atoms. The first-order valence-electron chi connectivity index (χ1n) is 6.24. The summed E-state index contributed by atoms with van der Waals surface area (Å²) in [6.45, 7) is -0.148. The third-order valence-corrected chi connectivity index (χ3v) is 4.37. The van der Waals surface area contributed by atoms with Gasteiger partial charge < -0.3 is 14.4 Å². The Labute approximate surface area is 122 Å². The molecule has 0 aliphatic rings. The van der Waals surface area contributed by atoms with Crippen molar-refractivity contribution >= 4 is 10.0 Å². The van der Waals surface area contributed by atoms with E-state index in [0.717, 1.165) is 0 Å². The second-order valence-corrected chi connectivity index (χ2v) is 5.99. The number of hydrogen-bond donors (Lipinski definition) is 2. The van der Waals surface area contributed by atoms with Crippen LogP contribution in [-0.4, -0.2) is 32.4 Å². The number of rotatable bonds is 7. The topological polar surface area (TPSA) is 102 Å². The van der Waals surface area contributed by atoms with Gasteiger partial charge in [-0.1, -0.05) is 5.16 Å². The number of nitrogens with zero attached hydrogens (tertiary/aromatic N) is 1. The standard InChI is InChI=1S/C13H16N2O5S/c1-19-11-2-3-13(10(8-11)5-7-16)21(17,18)15-9-12-4-6-14-20-12/h2-4,6,8,15-16H,5,7,9H2,1H3. The fraction of sp³-hybridized carbons (Fsp3) is 0.308. The molecule has 0 aliphatic heterocycles. The van der Waals surface area contributed by atoms with Crippen LogP contribution in [0.1, 0.15) is 11.3 Å². The fourth-order valence-electron chi connectivity index (χ4n) is 1.84. The summed E-state index contributed by atoms with van der Waals surface area (Å²) in [4.78, 5) is 0.108. The summed E-state index contributed by atoms with van der Waals surface area (Å²) in [6, 6.07) is 6.18. The molecule has 2 N–H and O–H groups in total. The van der Waals surface area contributed by atoms with Gasteiger partial charge in [0.2, 0.25) is 10.0 Å². The highest BCUT2D eigenvalue weighted by Gasteiger charge is 2.19. The van der Waals surface area contributed by atoms with Crippen molar-refractivity contribution in [3.8, 4) is 5.75 Å². The van der Waals surface area contributed by atoms with Crippen molar-refractivity contribution in [3.63, 3.8) is 0 Å². The van der Waals surface area contributed by atoms with Gasteiger partial charge in [-0.2, -0.15) is 0 Å². The van der Waals surface area contributed by atoms with Crippen LogP contribution in [0.25, 0.3) is 0 Å². The minimum absolute atomic E-state index is 0.00687. The van der Waals surface area contributed by atoms with Crippen molar-refractivity contribution < 1.29 is 22.8 Å². The lowest BCUT2D eigenvalue weighted by atomic mass is 10.1. The SMILES string of the molecule is COc1ccc(S(=O)(=O)NCc2ccno2)c(CCO)c1. The first-order chi connectivity index (χ1) is 10.1. The highest BCUT2D eigenvalue weighted by Crippen LogP contribution is 2.22. The van der Waals surface area contributed by atoms with Gasteiger partial charge in [-0.3, -0.25) is 0 Å². The number of aliphatic hydroxyl groups is 1. The van der Waals surface area contributed by atoms with Crippen LogP contribution in [-0.2, 0) is 23.0 Å². The van der Waals surface area contributed by atoms with Gasteiger partial charge in [0.25, 0.3) is 0 Å². The number of benzene rings is 1. The monoisotopic (exact) mass is 312 g/mol. The molecule has 1 aromatic carbocycles. The summed E-state index contributed by atoms with van der Waals surface area (Å²) < 4.78 is 37.0. The Bertz CT molecular complexity index is 683. The van der Waals surface area contributed by atoms with Gasteiger partial charge in [0.05, 0.1) is 24.7 Å². The summed E-state index contributed by atoms with van der Waals surface area (Å²) in [5, 5.41) is 12.6. The van der Waals surface area contributed by atoms with Gasteiger partial charge in [-0.05, 0) is 30.2 Å². The number of sulfonamides is 1. The van der Waals surface area contributed by atoms with Crippen molar-refractivity contribution in [3.05, 3.63) is 41.8 Å². The van der Waals surface area contributed by atoms with Crippen LogP contribution in [0.15, 0.2) is 39.9 Å². The molecule has 1 aromatic heterocycles. The molecule has 2 rings (SSSR count). The zero-order valence-electron chi connectivity index (χ0n) is 11.4. The smallest absolute Gasteiger partial charge is 0.241 e. The van der Waals surface area contributed by atoms with Crippen molar-refractivity contribution in [1.29, 1.82) is 0 Å². The van der Waals surface area contributed by atoms with E-state index in [9.17, 15) is 8.42 Å². The van der Waals surface area contributed by atoms with E-state index < -0.39 is 10.0 Å². The van der Waals surface area contributed by atoms with E-state index in [1.165, 1.54) is 19.4 Å². The number of hydrogen-bond acceptors (Lipinski definition) is 6. The van der Waals surface area contributed by atoms with Gasteiger partial charge in [-0.15, -0.1) is 0 Å². The largest absolute Gasteiger partial charge is 0.497 e. The second kappa shape index (κ2) is 6.70. The fourth-order valence-corrected chi connectivity index (χ4v) is 3.08. The molecule has 8 heteroatoms. The lowest BCUT2D eigenvalue weighted by Crippen LogP contribution is -2.24. The maximum Gasteiger partial charge on any atom is 0.241 e. The highest BCUT2D eigenvalue weighted by molar-refractivity contribution is 7.89. The van der Waals surface area contributed by atoms with E-state index in [0.29, 0.717) is 17.1 Å². The van der Waals surface area contributed by atoms with E-state index in [1.807, 2.05) is 0 Å². The number of aliphatic hydroxyl groups excluding tert-OH is 1. The lowest BCUT2D eigenvalue weighted by molar-refractivity contribution is 0.298. The summed E-state index contributed by atoms with van der Waals surface area (Å²) in [6.07, 6.45) is 1.66. The summed E-state index contributed by atoms with van der Waals surface area (Å²) in [5.74, 6) is 0.948. The van der Waals surface area contributed by atoms with Crippen LogP contribution in [0.2, 0.25) is 0 Å². The molecule has 21 heavy (non-hydrogen) atoms. The molecule has 0 unspecified atom stereocenters. The average Bonchev–Trinajstić information content (AvgIpc) is 2.99. The van der Waals surface area contributed by atoms with E-state index in [4.69, 9.17) is 14.4 Å². The van der Waals surface area contributed by atoms with Crippen LogP contribution in [0.5, 0.6) is 5.75 Å².